The number of hydrogen-bond donors (Lipinski definition) is 1. The van der Waals surface area contributed by atoms with E-state index >= 15 is 0 Å². The van der Waals surface area contributed by atoms with E-state index in [1.165, 1.54) is 0 Å². The number of nitrogens with zero attached hydrogens (tertiary/aromatic N) is 1. The van der Waals surface area contributed by atoms with Crippen LogP contribution < -0.4 is 5.32 Å². The summed E-state index contributed by atoms with van der Waals surface area (Å²) in [6.07, 6.45) is 9.34. The third kappa shape index (κ3) is 4.65. The maximum absolute atomic E-state index is 11.2. The molecule has 1 rings (SSSR count). The van der Waals surface area contributed by atoms with Crippen LogP contribution in [0.5, 0.6) is 0 Å². The Hall–Kier alpha value is -0.370. The second kappa shape index (κ2) is 7.05. The third-order valence-corrected chi connectivity index (χ3v) is 4.46. The molecule has 0 aliphatic carbocycles. The van der Waals surface area contributed by atoms with Crippen LogP contribution >= 0.6 is 0 Å². The van der Waals surface area contributed by atoms with Crippen molar-refractivity contribution in [1.82, 2.24) is 10.2 Å². The summed E-state index contributed by atoms with van der Waals surface area (Å²) in [4.78, 5) is 2.31. The van der Waals surface area contributed by atoms with E-state index in [-0.39, 0.29) is 5.25 Å². The van der Waals surface area contributed by atoms with Crippen LogP contribution in [-0.4, -0.2) is 52.8 Å². The monoisotopic (exact) mass is 242 g/mol. The zero-order chi connectivity index (χ0) is 12.0. The molecule has 0 bridgehead atoms. The topological polar surface area (TPSA) is 32.3 Å². The van der Waals surface area contributed by atoms with Crippen LogP contribution in [0.1, 0.15) is 19.8 Å². The SMILES string of the molecule is C#CCN1CCC(NCC(C)S(C)=O)CC1. The lowest BCUT2D eigenvalue weighted by Gasteiger charge is -2.31. The summed E-state index contributed by atoms with van der Waals surface area (Å²) < 4.78 is 11.2. The highest BCUT2D eigenvalue weighted by molar-refractivity contribution is 7.84. The summed E-state index contributed by atoms with van der Waals surface area (Å²) in [7, 11) is -0.724. The molecule has 1 aliphatic heterocycles. The fourth-order valence-electron chi connectivity index (χ4n) is 1.87. The summed E-state index contributed by atoms with van der Waals surface area (Å²) in [6.45, 7) is 5.79. The summed E-state index contributed by atoms with van der Waals surface area (Å²) in [6, 6.07) is 0.569. The van der Waals surface area contributed by atoms with E-state index in [2.05, 4.69) is 16.1 Å². The molecule has 0 aromatic rings. The summed E-state index contributed by atoms with van der Waals surface area (Å²) in [5.41, 5.74) is 0. The number of rotatable bonds is 5. The Kier molecular flexibility index (Phi) is 6.04. The van der Waals surface area contributed by atoms with Gasteiger partial charge in [-0.3, -0.25) is 9.11 Å². The molecular weight excluding hydrogens is 220 g/mol. The Labute approximate surface area is 101 Å². The lowest BCUT2D eigenvalue weighted by molar-refractivity contribution is 0.218. The van der Waals surface area contributed by atoms with Gasteiger partial charge in [0.05, 0.1) is 6.54 Å². The molecule has 92 valence electrons. The van der Waals surface area contributed by atoms with E-state index in [0.717, 1.165) is 39.0 Å². The van der Waals surface area contributed by atoms with Gasteiger partial charge in [0.15, 0.2) is 0 Å². The number of likely N-dealkylation sites (tertiary alicyclic amines) is 1. The third-order valence-electron chi connectivity index (χ3n) is 3.16. The molecule has 0 spiro atoms. The van der Waals surface area contributed by atoms with Crippen molar-refractivity contribution in [1.29, 1.82) is 0 Å². The molecule has 0 aromatic heterocycles. The van der Waals surface area contributed by atoms with E-state index in [4.69, 9.17) is 6.42 Å². The normalized spacial score (nSPS) is 22.6. The van der Waals surface area contributed by atoms with Gasteiger partial charge in [0.2, 0.25) is 0 Å². The fraction of sp³-hybridized carbons (Fsp3) is 0.833. The van der Waals surface area contributed by atoms with Gasteiger partial charge >= 0.3 is 0 Å². The smallest absolute Gasteiger partial charge is 0.0598 e. The van der Waals surface area contributed by atoms with E-state index in [9.17, 15) is 4.21 Å². The van der Waals surface area contributed by atoms with Crippen molar-refractivity contribution in [3.8, 4) is 12.3 Å². The van der Waals surface area contributed by atoms with Crippen LogP contribution in [0.15, 0.2) is 0 Å². The molecule has 3 nitrogen and oxygen atoms in total. The number of hydrogen-bond acceptors (Lipinski definition) is 3. The molecule has 0 amide bonds. The van der Waals surface area contributed by atoms with Gasteiger partial charge in [0.1, 0.15) is 0 Å². The Bertz CT molecular complexity index is 267. The van der Waals surface area contributed by atoms with Gasteiger partial charge in [-0.1, -0.05) is 5.92 Å². The maximum Gasteiger partial charge on any atom is 0.0598 e. The van der Waals surface area contributed by atoms with Crippen molar-refractivity contribution in [2.75, 3.05) is 32.4 Å². The molecule has 1 N–H and O–H groups in total. The Morgan fingerprint density at radius 1 is 1.56 bits per heavy atom. The molecule has 1 fully saturated rings. The maximum atomic E-state index is 11.2. The van der Waals surface area contributed by atoms with Crippen molar-refractivity contribution in [3.63, 3.8) is 0 Å². The quantitative estimate of drug-likeness (QED) is 0.710. The molecule has 2 unspecified atom stereocenters. The fourth-order valence-corrected chi connectivity index (χ4v) is 2.21. The summed E-state index contributed by atoms with van der Waals surface area (Å²) in [5, 5.41) is 3.73. The lowest BCUT2D eigenvalue weighted by Crippen LogP contribution is -2.44. The highest BCUT2D eigenvalue weighted by Crippen LogP contribution is 2.09. The van der Waals surface area contributed by atoms with E-state index in [1.807, 2.05) is 6.92 Å². The number of nitrogens with one attached hydrogen (secondary N) is 1. The van der Waals surface area contributed by atoms with Crippen molar-refractivity contribution in [2.24, 2.45) is 0 Å². The minimum Gasteiger partial charge on any atom is -0.313 e. The van der Waals surface area contributed by atoms with Crippen LogP contribution in [0.4, 0.5) is 0 Å². The van der Waals surface area contributed by atoms with Crippen molar-refractivity contribution in [2.45, 2.75) is 31.1 Å². The molecule has 1 heterocycles. The first-order valence-electron chi connectivity index (χ1n) is 5.85. The predicted molar refractivity (Wildman–Crippen MR) is 69.8 cm³/mol. The van der Waals surface area contributed by atoms with Crippen LogP contribution in [0.2, 0.25) is 0 Å². The Morgan fingerprint density at radius 2 is 2.19 bits per heavy atom. The molecule has 2 atom stereocenters. The molecule has 4 heteroatoms. The molecule has 1 aliphatic rings. The molecule has 16 heavy (non-hydrogen) atoms. The molecule has 0 radical (unpaired) electrons. The summed E-state index contributed by atoms with van der Waals surface area (Å²) in [5.74, 6) is 2.68. The molecule has 0 saturated carbocycles. The number of piperidine rings is 1. The van der Waals surface area contributed by atoms with Gasteiger partial charge in [0.25, 0.3) is 0 Å². The predicted octanol–water partition coefficient (Wildman–Crippen LogP) is 0.441. The minimum absolute atomic E-state index is 0.240. The average molecular weight is 242 g/mol. The molecular formula is C12H22N2OS. The largest absolute Gasteiger partial charge is 0.313 e. The van der Waals surface area contributed by atoms with Gasteiger partial charge < -0.3 is 5.32 Å². The lowest BCUT2D eigenvalue weighted by atomic mass is 10.1. The average Bonchev–Trinajstić information content (AvgIpc) is 2.28. The van der Waals surface area contributed by atoms with E-state index < -0.39 is 10.8 Å². The van der Waals surface area contributed by atoms with Gasteiger partial charge in [-0.15, -0.1) is 6.42 Å². The second-order valence-electron chi connectivity index (χ2n) is 4.47. The Balaban J connectivity index is 2.17. The first-order chi connectivity index (χ1) is 7.63. The van der Waals surface area contributed by atoms with Crippen LogP contribution in [-0.2, 0) is 10.8 Å². The number of terminal acetylenes is 1. The molecule has 1 saturated heterocycles. The van der Waals surface area contributed by atoms with Crippen molar-refractivity contribution in [3.05, 3.63) is 0 Å². The van der Waals surface area contributed by atoms with Gasteiger partial charge in [-0.05, 0) is 19.8 Å². The zero-order valence-corrected chi connectivity index (χ0v) is 11.1. The van der Waals surface area contributed by atoms with Gasteiger partial charge in [-0.2, -0.15) is 0 Å². The summed E-state index contributed by atoms with van der Waals surface area (Å²) >= 11 is 0. The van der Waals surface area contributed by atoms with Crippen LogP contribution in [0, 0.1) is 12.3 Å². The standard InChI is InChI=1S/C12H22N2OS/c1-4-7-14-8-5-12(6-9-14)13-10-11(2)16(3)15/h1,11-13H,5-10H2,2-3H3. The van der Waals surface area contributed by atoms with E-state index in [0.29, 0.717) is 6.04 Å². The van der Waals surface area contributed by atoms with Crippen molar-refractivity contribution < 1.29 is 4.21 Å². The van der Waals surface area contributed by atoms with Crippen LogP contribution in [0.25, 0.3) is 0 Å². The highest BCUT2D eigenvalue weighted by atomic mass is 32.2. The first-order valence-corrected chi connectivity index (χ1v) is 7.47. The van der Waals surface area contributed by atoms with E-state index in [1.54, 1.807) is 6.26 Å². The molecule has 0 aromatic carbocycles. The first kappa shape index (κ1) is 13.7. The zero-order valence-electron chi connectivity index (χ0n) is 10.2. The van der Waals surface area contributed by atoms with Gasteiger partial charge in [0, 0.05) is 48.0 Å². The van der Waals surface area contributed by atoms with Crippen LogP contribution in [0.3, 0.4) is 0 Å². The van der Waals surface area contributed by atoms with Gasteiger partial charge in [-0.25, -0.2) is 0 Å². The van der Waals surface area contributed by atoms with Crippen molar-refractivity contribution >= 4 is 10.8 Å². The highest BCUT2D eigenvalue weighted by Gasteiger charge is 2.18. The Morgan fingerprint density at radius 3 is 2.69 bits per heavy atom. The minimum atomic E-state index is -0.724. The second-order valence-corrected chi connectivity index (χ2v) is 6.27.